The minimum atomic E-state index is -2.52. The fourth-order valence-electron chi connectivity index (χ4n) is 4.91. The van der Waals surface area contributed by atoms with Gasteiger partial charge in [0.25, 0.3) is 6.43 Å². The topological polar surface area (TPSA) is 92.3 Å². The van der Waals surface area contributed by atoms with E-state index in [1.807, 2.05) is 6.07 Å². The molecular formula is C29H30F3N7. The van der Waals surface area contributed by atoms with Gasteiger partial charge in [-0.15, -0.1) is 0 Å². The second kappa shape index (κ2) is 9.95. The number of benzene rings is 1. The number of rotatable bonds is 8. The van der Waals surface area contributed by atoms with Crippen molar-refractivity contribution in [2.24, 2.45) is 5.41 Å². The van der Waals surface area contributed by atoms with Gasteiger partial charge in [0.15, 0.2) is 0 Å². The first-order valence-corrected chi connectivity index (χ1v) is 12.9. The molecule has 1 aliphatic rings. The summed E-state index contributed by atoms with van der Waals surface area (Å²) in [6, 6.07) is 8.95. The molecule has 7 nitrogen and oxygen atoms in total. The van der Waals surface area contributed by atoms with Gasteiger partial charge in [0, 0.05) is 29.7 Å². The molecule has 0 unspecified atom stereocenters. The Kier molecular flexibility index (Phi) is 6.79. The average Bonchev–Trinajstić information content (AvgIpc) is 3.56. The minimum absolute atomic E-state index is 0.00243. The summed E-state index contributed by atoms with van der Waals surface area (Å²) in [7, 11) is 0. The van der Waals surface area contributed by atoms with Gasteiger partial charge < -0.3 is 5.32 Å². The maximum absolute atomic E-state index is 13.9. The van der Waals surface area contributed by atoms with Crippen LogP contribution in [0, 0.1) is 29.6 Å². The number of aromatic nitrogens is 5. The van der Waals surface area contributed by atoms with E-state index in [0.29, 0.717) is 59.3 Å². The van der Waals surface area contributed by atoms with Crippen molar-refractivity contribution in [3.8, 4) is 6.07 Å². The Morgan fingerprint density at radius 2 is 1.95 bits per heavy atom. The highest BCUT2D eigenvalue weighted by molar-refractivity contribution is 5.93. The molecule has 39 heavy (non-hydrogen) atoms. The number of pyridine rings is 1. The van der Waals surface area contributed by atoms with Crippen LogP contribution in [0.3, 0.4) is 0 Å². The molecule has 1 N–H and O–H groups in total. The van der Waals surface area contributed by atoms with Gasteiger partial charge in [-0.25, -0.2) is 23.7 Å². The van der Waals surface area contributed by atoms with Crippen LogP contribution >= 0.6 is 0 Å². The van der Waals surface area contributed by atoms with Gasteiger partial charge in [-0.1, -0.05) is 26.8 Å². The summed E-state index contributed by atoms with van der Waals surface area (Å²) in [6.45, 7) is 8.72. The van der Waals surface area contributed by atoms with E-state index in [2.05, 4.69) is 52.2 Å². The lowest BCUT2D eigenvalue weighted by atomic mass is 9.86. The fraction of sp³-hybridized carbons (Fsp3) is 0.414. The Hall–Kier alpha value is -4.00. The third-order valence-corrected chi connectivity index (χ3v) is 7.24. The molecule has 1 aromatic carbocycles. The van der Waals surface area contributed by atoms with Crippen molar-refractivity contribution in [3.63, 3.8) is 0 Å². The molecule has 1 aliphatic carbocycles. The third kappa shape index (κ3) is 5.31. The first-order valence-electron chi connectivity index (χ1n) is 12.9. The second-order valence-corrected chi connectivity index (χ2v) is 11.5. The molecule has 5 rings (SSSR count). The SMILES string of the molecule is Cc1nc(F)ccc1[C@H](Cc1cc(C#N)c2ncnc(NCC(C)(C)C)c2c1)c1cnn(C2(C(F)F)CC2)c1. The van der Waals surface area contributed by atoms with Crippen LogP contribution in [0.25, 0.3) is 10.9 Å². The number of hydrogen-bond donors (Lipinski definition) is 1. The predicted molar refractivity (Wildman–Crippen MR) is 142 cm³/mol. The Morgan fingerprint density at radius 1 is 1.18 bits per heavy atom. The van der Waals surface area contributed by atoms with Crippen molar-refractivity contribution in [3.05, 3.63) is 76.9 Å². The van der Waals surface area contributed by atoms with E-state index in [0.717, 1.165) is 11.1 Å². The molecule has 3 heterocycles. The lowest BCUT2D eigenvalue weighted by Crippen LogP contribution is -2.26. The zero-order valence-electron chi connectivity index (χ0n) is 22.3. The Labute approximate surface area is 225 Å². The molecule has 0 spiro atoms. The number of nitrogens with zero attached hydrogens (tertiary/aromatic N) is 6. The summed E-state index contributed by atoms with van der Waals surface area (Å²) in [4.78, 5) is 12.8. The maximum Gasteiger partial charge on any atom is 0.263 e. The zero-order valence-corrected chi connectivity index (χ0v) is 22.3. The van der Waals surface area contributed by atoms with Crippen molar-refractivity contribution in [2.75, 3.05) is 11.9 Å². The van der Waals surface area contributed by atoms with Crippen molar-refractivity contribution < 1.29 is 13.2 Å². The Balaban J connectivity index is 1.59. The van der Waals surface area contributed by atoms with Crippen LogP contribution in [0.4, 0.5) is 19.0 Å². The van der Waals surface area contributed by atoms with Crippen molar-refractivity contribution in [1.29, 1.82) is 5.26 Å². The maximum atomic E-state index is 13.9. The van der Waals surface area contributed by atoms with Crippen molar-refractivity contribution in [2.45, 2.75) is 64.8 Å². The number of nitriles is 1. The van der Waals surface area contributed by atoms with Gasteiger partial charge in [-0.2, -0.15) is 14.8 Å². The Bertz CT molecular complexity index is 1560. The lowest BCUT2D eigenvalue weighted by molar-refractivity contribution is 0.0603. The normalized spacial score (nSPS) is 15.4. The van der Waals surface area contributed by atoms with Gasteiger partial charge in [-0.3, -0.25) is 4.68 Å². The lowest BCUT2D eigenvalue weighted by Gasteiger charge is -2.21. The number of nitrogens with one attached hydrogen (secondary N) is 1. The number of anilines is 1. The van der Waals surface area contributed by atoms with Gasteiger partial charge in [-0.05, 0) is 66.5 Å². The molecule has 1 fully saturated rings. The van der Waals surface area contributed by atoms with Crippen LogP contribution in [0.15, 0.2) is 43.0 Å². The van der Waals surface area contributed by atoms with Crippen molar-refractivity contribution >= 4 is 16.7 Å². The molecule has 4 aromatic rings. The van der Waals surface area contributed by atoms with Crippen LogP contribution in [0.1, 0.15) is 67.5 Å². The largest absolute Gasteiger partial charge is 0.369 e. The number of hydrogen-bond acceptors (Lipinski definition) is 6. The van der Waals surface area contributed by atoms with E-state index in [9.17, 15) is 18.4 Å². The van der Waals surface area contributed by atoms with E-state index in [1.165, 1.54) is 17.1 Å². The van der Waals surface area contributed by atoms with E-state index < -0.39 is 17.9 Å². The van der Waals surface area contributed by atoms with Crippen LogP contribution in [0.2, 0.25) is 0 Å². The molecule has 0 bridgehead atoms. The van der Waals surface area contributed by atoms with E-state index in [4.69, 9.17) is 0 Å². The van der Waals surface area contributed by atoms with Crippen LogP contribution in [0.5, 0.6) is 0 Å². The van der Waals surface area contributed by atoms with Crippen LogP contribution < -0.4 is 5.32 Å². The molecule has 0 amide bonds. The Morgan fingerprint density at radius 3 is 2.59 bits per heavy atom. The first-order chi connectivity index (χ1) is 18.5. The number of fused-ring (bicyclic) bond motifs is 1. The number of aryl methyl sites for hydroxylation is 1. The monoisotopic (exact) mass is 533 g/mol. The fourth-order valence-corrected chi connectivity index (χ4v) is 4.91. The van der Waals surface area contributed by atoms with Crippen molar-refractivity contribution in [1.82, 2.24) is 24.7 Å². The summed E-state index contributed by atoms with van der Waals surface area (Å²) in [5.41, 5.74) is 2.48. The van der Waals surface area contributed by atoms with Gasteiger partial charge in [0.2, 0.25) is 5.95 Å². The summed E-state index contributed by atoms with van der Waals surface area (Å²) >= 11 is 0. The van der Waals surface area contributed by atoms with Gasteiger partial charge in [0.05, 0.1) is 17.3 Å². The van der Waals surface area contributed by atoms with Gasteiger partial charge in [0.1, 0.15) is 23.8 Å². The zero-order chi connectivity index (χ0) is 27.9. The molecule has 10 heteroatoms. The summed E-state index contributed by atoms with van der Waals surface area (Å²) in [6.07, 6.45) is 3.33. The van der Waals surface area contributed by atoms with E-state index >= 15 is 0 Å². The highest BCUT2D eigenvalue weighted by atomic mass is 19.3. The average molecular weight is 534 g/mol. The molecule has 202 valence electrons. The standard InChI is InChI=1S/C29H30F3N7/c1-17-21(5-6-24(30)38-17)22(20-13-37-39(14-20)29(7-8-29)27(31)32)10-18-9-19(12-33)25-23(11-18)26(36-16-35-25)34-15-28(2,3)4/h5-6,9,11,13-14,16,22,27H,7-8,10,15H2,1-4H3,(H,34,35,36)/t22-/m1/s1. The van der Waals surface area contributed by atoms with E-state index in [1.54, 1.807) is 31.5 Å². The smallest absolute Gasteiger partial charge is 0.263 e. The summed E-state index contributed by atoms with van der Waals surface area (Å²) in [5, 5.41) is 18.3. The highest BCUT2D eigenvalue weighted by Gasteiger charge is 2.54. The predicted octanol–water partition coefficient (Wildman–Crippen LogP) is 6.13. The van der Waals surface area contributed by atoms with Gasteiger partial charge >= 0.3 is 0 Å². The second-order valence-electron chi connectivity index (χ2n) is 11.5. The van der Waals surface area contributed by atoms with Crippen LogP contribution in [-0.2, 0) is 12.0 Å². The first kappa shape index (κ1) is 26.6. The minimum Gasteiger partial charge on any atom is -0.369 e. The summed E-state index contributed by atoms with van der Waals surface area (Å²) < 4.78 is 42.9. The number of halogens is 3. The molecule has 1 atom stereocenters. The molecule has 0 radical (unpaired) electrons. The number of alkyl halides is 2. The third-order valence-electron chi connectivity index (χ3n) is 7.24. The highest BCUT2D eigenvalue weighted by Crippen LogP contribution is 2.48. The molecule has 3 aromatic heterocycles. The quantitative estimate of drug-likeness (QED) is 0.274. The summed E-state index contributed by atoms with van der Waals surface area (Å²) in [5.74, 6) is -0.325. The molecule has 1 saturated carbocycles. The van der Waals surface area contributed by atoms with E-state index in [-0.39, 0.29) is 11.3 Å². The molecule has 0 saturated heterocycles. The molecule has 0 aliphatic heterocycles. The van der Waals surface area contributed by atoms with Crippen LogP contribution in [-0.4, -0.2) is 37.7 Å². The molecular weight excluding hydrogens is 503 g/mol.